The molecule has 1 aliphatic rings. The van der Waals surface area contributed by atoms with E-state index in [0.717, 1.165) is 24.6 Å². The number of halogens is 2. The first kappa shape index (κ1) is 13.6. The Morgan fingerprint density at radius 1 is 1.53 bits per heavy atom. The molecule has 1 aliphatic heterocycles. The smallest absolute Gasteiger partial charge is 0.164 e. The highest BCUT2D eigenvalue weighted by molar-refractivity contribution is 6.30. The molecular weight excluding hydrogens is 267 g/mol. The molecule has 1 aromatic rings. The van der Waals surface area contributed by atoms with Crippen molar-refractivity contribution in [2.24, 2.45) is 10.7 Å². The summed E-state index contributed by atoms with van der Waals surface area (Å²) in [7, 11) is 0. The molecule has 0 unspecified atom stereocenters. The molecule has 0 bridgehead atoms. The average Bonchev–Trinajstić information content (AvgIpc) is 2.43. The Balaban J connectivity index is 2.57. The SMILES string of the molecule is C=C(Cl)/N=C(\C(F)=C/N)c1cccc2c1OCCC2. The van der Waals surface area contributed by atoms with Crippen molar-refractivity contribution in [2.75, 3.05) is 6.61 Å². The van der Waals surface area contributed by atoms with E-state index in [0.29, 0.717) is 17.9 Å². The predicted molar refractivity (Wildman–Crippen MR) is 75.2 cm³/mol. The number of allylic oxidation sites excluding steroid dienone is 1. The summed E-state index contributed by atoms with van der Waals surface area (Å²) in [6, 6.07) is 5.51. The number of aryl methyl sites for hydroxylation is 1. The second-order valence-electron chi connectivity index (χ2n) is 4.10. The fourth-order valence-corrected chi connectivity index (χ4v) is 2.10. The van der Waals surface area contributed by atoms with E-state index in [-0.39, 0.29) is 10.9 Å². The maximum atomic E-state index is 13.9. The summed E-state index contributed by atoms with van der Waals surface area (Å²) in [6.07, 6.45) is 2.69. The van der Waals surface area contributed by atoms with Crippen molar-refractivity contribution in [2.45, 2.75) is 12.8 Å². The molecule has 0 amide bonds. The van der Waals surface area contributed by atoms with Gasteiger partial charge in [0, 0.05) is 11.8 Å². The van der Waals surface area contributed by atoms with Gasteiger partial charge in [-0.15, -0.1) is 0 Å². The van der Waals surface area contributed by atoms with Gasteiger partial charge in [-0.3, -0.25) is 0 Å². The van der Waals surface area contributed by atoms with Crippen LogP contribution in [0.5, 0.6) is 5.75 Å². The number of nitrogens with zero attached hydrogens (tertiary/aromatic N) is 1. The van der Waals surface area contributed by atoms with Gasteiger partial charge in [0.05, 0.1) is 6.61 Å². The second kappa shape index (κ2) is 5.89. The van der Waals surface area contributed by atoms with Crippen molar-refractivity contribution in [1.82, 2.24) is 0 Å². The van der Waals surface area contributed by atoms with Crippen LogP contribution in [-0.4, -0.2) is 12.3 Å². The predicted octanol–water partition coefficient (Wildman–Crippen LogP) is 3.28. The summed E-state index contributed by atoms with van der Waals surface area (Å²) in [6.45, 7) is 4.06. The number of para-hydroxylation sites is 1. The van der Waals surface area contributed by atoms with Crippen LogP contribution in [0.1, 0.15) is 17.5 Å². The van der Waals surface area contributed by atoms with Crippen LogP contribution in [0.3, 0.4) is 0 Å². The van der Waals surface area contributed by atoms with Crippen molar-refractivity contribution in [1.29, 1.82) is 0 Å². The molecule has 1 aromatic carbocycles. The Kier molecular flexibility index (Phi) is 4.22. The average molecular weight is 281 g/mol. The van der Waals surface area contributed by atoms with Gasteiger partial charge >= 0.3 is 0 Å². The molecule has 2 rings (SSSR count). The van der Waals surface area contributed by atoms with Crippen LogP contribution in [0, 0.1) is 0 Å². The molecule has 19 heavy (non-hydrogen) atoms. The third kappa shape index (κ3) is 2.96. The lowest BCUT2D eigenvalue weighted by molar-refractivity contribution is 0.288. The number of rotatable bonds is 3. The van der Waals surface area contributed by atoms with Crippen LogP contribution in [0.2, 0.25) is 0 Å². The van der Waals surface area contributed by atoms with Gasteiger partial charge in [-0.2, -0.15) is 0 Å². The number of aliphatic imine (C=N–C) groups is 1. The van der Waals surface area contributed by atoms with Gasteiger partial charge < -0.3 is 10.5 Å². The number of fused-ring (bicyclic) bond motifs is 1. The van der Waals surface area contributed by atoms with Crippen LogP contribution in [0.15, 0.2) is 47.0 Å². The van der Waals surface area contributed by atoms with Crippen LogP contribution >= 0.6 is 11.6 Å². The molecule has 0 radical (unpaired) electrons. The third-order valence-corrected chi connectivity index (χ3v) is 2.88. The summed E-state index contributed by atoms with van der Waals surface area (Å²) >= 11 is 5.65. The molecule has 0 fully saturated rings. The van der Waals surface area contributed by atoms with Crippen LogP contribution in [-0.2, 0) is 6.42 Å². The molecule has 0 saturated heterocycles. The van der Waals surface area contributed by atoms with Gasteiger partial charge in [0.25, 0.3) is 0 Å². The molecule has 0 spiro atoms. The van der Waals surface area contributed by atoms with Gasteiger partial charge in [-0.05, 0) is 24.5 Å². The molecule has 0 aliphatic carbocycles. The van der Waals surface area contributed by atoms with Crippen molar-refractivity contribution >= 4 is 17.3 Å². The number of nitrogens with two attached hydrogens (primary N) is 1. The van der Waals surface area contributed by atoms with E-state index in [1.165, 1.54) is 0 Å². The van der Waals surface area contributed by atoms with Crippen LogP contribution in [0.4, 0.5) is 4.39 Å². The summed E-state index contributed by atoms with van der Waals surface area (Å²) in [5.74, 6) is -0.0215. The van der Waals surface area contributed by atoms with Crippen molar-refractivity contribution < 1.29 is 9.13 Å². The Morgan fingerprint density at radius 2 is 2.32 bits per heavy atom. The van der Waals surface area contributed by atoms with Crippen LogP contribution < -0.4 is 10.5 Å². The maximum absolute atomic E-state index is 13.9. The molecular formula is C14H14ClFN2O. The van der Waals surface area contributed by atoms with Gasteiger partial charge in [0.2, 0.25) is 0 Å². The zero-order valence-electron chi connectivity index (χ0n) is 10.3. The Labute approximate surface area is 116 Å². The monoisotopic (exact) mass is 280 g/mol. The van der Waals surface area contributed by atoms with E-state index in [4.69, 9.17) is 22.1 Å². The lowest BCUT2D eigenvalue weighted by atomic mass is 9.99. The van der Waals surface area contributed by atoms with Gasteiger partial charge in [-0.1, -0.05) is 30.3 Å². The highest BCUT2D eigenvalue weighted by Crippen LogP contribution is 2.31. The molecule has 2 N–H and O–H groups in total. The second-order valence-corrected chi connectivity index (χ2v) is 4.53. The molecule has 0 aromatic heterocycles. The highest BCUT2D eigenvalue weighted by atomic mass is 35.5. The molecule has 1 heterocycles. The fraction of sp³-hybridized carbons (Fsp3) is 0.214. The summed E-state index contributed by atoms with van der Waals surface area (Å²) in [5, 5.41) is -0.0135. The standard InChI is InChI=1S/C14H14ClFN2O/c1-9(15)18-13(12(16)8-17)11-6-2-4-10-5-3-7-19-14(10)11/h2,4,6,8H,1,3,5,7,17H2/b12-8+,18-13-. The van der Waals surface area contributed by atoms with E-state index < -0.39 is 5.83 Å². The fourth-order valence-electron chi connectivity index (χ4n) is 2.02. The van der Waals surface area contributed by atoms with E-state index >= 15 is 0 Å². The van der Waals surface area contributed by atoms with E-state index in [2.05, 4.69) is 11.6 Å². The quantitative estimate of drug-likeness (QED) is 0.682. The molecule has 100 valence electrons. The number of hydrogen-bond acceptors (Lipinski definition) is 3. The molecule has 0 saturated carbocycles. The first-order valence-electron chi connectivity index (χ1n) is 5.89. The zero-order chi connectivity index (χ0) is 13.8. The third-order valence-electron chi connectivity index (χ3n) is 2.79. The van der Waals surface area contributed by atoms with E-state index in [1.54, 1.807) is 6.07 Å². The number of benzene rings is 1. The first-order valence-corrected chi connectivity index (χ1v) is 6.27. The minimum absolute atomic E-state index is 0.0135. The summed E-state index contributed by atoms with van der Waals surface area (Å²) < 4.78 is 19.5. The van der Waals surface area contributed by atoms with Gasteiger partial charge in [0.15, 0.2) is 5.83 Å². The Hall–Kier alpha value is -1.81. The lowest BCUT2D eigenvalue weighted by Gasteiger charge is -2.20. The van der Waals surface area contributed by atoms with E-state index in [1.807, 2.05) is 12.1 Å². The van der Waals surface area contributed by atoms with Gasteiger partial charge in [-0.25, -0.2) is 9.38 Å². The minimum atomic E-state index is -0.663. The van der Waals surface area contributed by atoms with Crippen molar-refractivity contribution in [3.8, 4) is 5.75 Å². The molecule has 5 heteroatoms. The van der Waals surface area contributed by atoms with E-state index in [9.17, 15) is 4.39 Å². The topological polar surface area (TPSA) is 47.6 Å². The normalized spacial score (nSPS) is 15.7. The maximum Gasteiger partial charge on any atom is 0.164 e. The van der Waals surface area contributed by atoms with Gasteiger partial charge in [0.1, 0.15) is 16.6 Å². The lowest BCUT2D eigenvalue weighted by Crippen LogP contribution is -2.14. The minimum Gasteiger partial charge on any atom is -0.493 e. The molecule has 3 nitrogen and oxygen atoms in total. The zero-order valence-corrected chi connectivity index (χ0v) is 11.1. The Bertz CT molecular complexity index is 567. The molecule has 0 atom stereocenters. The summed E-state index contributed by atoms with van der Waals surface area (Å²) in [5.41, 5.74) is 6.84. The number of ether oxygens (including phenoxy) is 1. The largest absolute Gasteiger partial charge is 0.493 e. The highest BCUT2D eigenvalue weighted by Gasteiger charge is 2.20. The first-order chi connectivity index (χ1) is 9.13. The number of hydrogen-bond donors (Lipinski definition) is 1. The Morgan fingerprint density at radius 3 is 3.00 bits per heavy atom. The van der Waals surface area contributed by atoms with Crippen molar-refractivity contribution in [3.05, 3.63) is 53.1 Å². The van der Waals surface area contributed by atoms with Crippen LogP contribution in [0.25, 0.3) is 0 Å². The van der Waals surface area contributed by atoms with Crippen molar-refractivity contribution in [3.63, 3.8) is 0 Å². The summed E-state index contributed by atoms with van der Waals surface area (Å²) in [4.78, 5) is 3.91.